The Morgan fingerprint density at radius 2 is 1.78 bits per heavy atom. The van der Waals surface area contributed by atoms with Crippen molar-refractivity contribution in [3.8, 4) is 0 Å². The summed E-state index contributed by atoms with van der Waals surface area (Å²) in [6.45, 7) is 0.0653. The summed E-state index contributed by atoms with van der Waals surface area (Å²) in [4.78, 5) is 1.24. The van der Waals surface area contributed by atoms with E-state index in [0.717, 1.165) is 18.4 Å². The molecule has 1 aromatic rings. The normalized spacial score (nSPS) is 11.6. The number of rotatable bonds is 5. The fraction of sp³-hybridized carbons (Fsp3) is 0.455. The highest BCUT2D eigenvalue weighted by molar-refractivity contribution is 7.90. The Morgan fingerprint density at radius 1 is 1.28 bits per heavy atom. The number of sulfone groups is 1. The van der Waals surface area contributed by atoms with Gasteiger partial charge in [0.05, 0.1) is 5.75 Å². The highest BCUT2D eigenvalue weighted by Crippen LogP contribution is 2.23. The third-order valence-electron chi connectivity index (χ3n) is 2.49. The molecule has 0 radical (unpaired) electrons. The minimum absolute atomic E-state index is 0.0225. The summed E-state index contributed by atoms with van der Waals surface area (Å²) in [7, 11) is -1.73. The maximum Gasteiger partial charge on any atom is 0.149 e. The number of nitrogens with two attached hydrogens (primary N) is 1. The van der Waals surface area contributed by atoms with Crippen LogP contribution in [0.1, 0.15) is 5.56 Å². The predicted octanol–water partition coefficient (Wildman–Crippen LogP) is 0.904. The third kappa shape index (κ3) is 3.92. The zero-order valence-corrected chi connectivity index (χ0v) is 11.1. The van der Waals surface area contributed by atoms with Gasteiger partial charge in [0.1, 0.15) is 27.2 Å². The molecule has 0 atom stereocenters. The second-order valence-corrected chi connectivity index (χ2v) is 6.42. The molecule has 0 aliphatic heterocycles. The van der Waals surface area contributed by atoms with Crippen molar-refractivity contribution in [2.45, 2.75) is 6.54 Å². The average Bonchev–Trinajstić information content (AvgIpc) is 2.24. The second-order valence-electron chi connectivity index (χ2n) is 4.16. The summed E-state index contributed by atoms with van der Waals surface area (Å²) in [5.74, 6) is -1.65. The van der Waals surface area contributed by atoms with Gasteiger partial charge in [-0.25, -0.2) is 17.2 Å². The molecule has 18 heavy (non-hydrogen) atoms. The summed E-state index contributed by atoms with van der Waals surface area (Å²) in [6, 6.07) is 2.30. The van der Waals surface area contributed by atoms with E-state index in [0.29, 0.717) is 5.56 Å². The van der Waals surface area contributed by atoms with Crippen molar-refractivity contribution in [2.24, 2.45) is 5.73 Å². The summed E-state index contributed by atoms with van der Waals surface area (Å²) in [5, 5.41) is 0. The SMILES string of the molecule is CN(CCS(C)(=O)=O)c1c(F)cc(CN)cc1F. The highest BCUT2D eigenvalue weighted by Gasteiger charge is 2.16. The first-order valence-corrected chi connectivity index (χ1v) is 7.37. The Hall–Kier alpha value is -1.21. The Labute approximate surface area is 105 Å². The van der Waals surface area contributed by atoms with Crippen molar-refractivity contribution in [3.63, 3.8) is 0 Å². The molecule has 0 aromatic heterocycles. The van der Waals surface area contributed by atoms with E-state index in [9.17, 15) is 17.2 Å². The molecule has 0 bridgehead atoms. The van der Waals surface area contributed by atoms with Crippen LogP contribution >= 0.6 is 0 Å². The molecule has 0 spiro atoms. The van der Waals surface area contributed by atoms with Gasteiger partial charge in [-0.1, -0.05) is 0 Å². The molecule has 0 unspecified atom stereocenters. The van der Waals surface area contributed by atoms with Crippen molar-refractivity contribution in [2.75, 3.05) is 30.5 Å². The fourth-order valence-electron chi connectivity index (χ4n) is 1.52. The van der Waals surface area contributed by atoms with E-state index < -0.39 is 21.5 Å². The third-order valence-corrected chi connectivity index (χ3v) is 3.42. The van der Waals surface area contributed by atoms with Gasteiger partial charge in [-0.2, -0.15) is 0 Å². The Morgan fingerprint density at radius 3 is 2.17 bits per heavy atom. The summed E-state index contributed by atoms with van der Waals surface area (Å²) >= 11 is 0. The maximum absolute atomic E-state index is 13.7. The molecule has 2 N–H and O–H groups in total. The van der Waals surface area contributed by atoms with E-state index in [-0.39, 0.29) is 24.5 Å². The van der Waals surface area contributed by atoms with Crippen LogP contribution in [0.2, 0.25) is 0 Å². The van der Waals surface area contributed by atoms with Gasteiger partial charge in [-0.3, -0.25) is 0 Å². The van der Waals surface area contributed by atoms with Gasteiger partial charge in [0.25, 0.3) is 0 Å². The molecule has 102 valence electrons. The zero-order chi connectivity index (χ0) is 13.9. The molecule has 0 saturated carbocycles. The van der Waals surface area contributed by atoms with E-state index in [2.05, 4.69) is 0 Å². The molecule has 0 fully saturated rings. The lowest BCUT2D eigenvalue weighted by atomic mass is 10.1. The minimum Gasteiger partial charge on any atom is -0.369 e. The first-order valence-electron chi connectivity index (χ1n) is 5.31. The first-order chi connectivity index (χ1) is 8.24. The molecule has 0 aliphatic carbocycles. The lowest BCUT2D eigenvalue weighted by Gasteiger charge is -2.20. The highest BCUT2D eigenvalue weighted by atomic mass is 32.2. The largest absolute Gasteiger partial charge is 0.369 e. The van der Waals surface area contributed by atoms with E-state index in [1.54, 1.807) is 0 Å². The van der Waals surface area contributed by atoms with Gasteiger partial charge >= 0.3 is 0 Å². The molecule has 1 rings (SSSR count). The molecular weight excluding hydrogens is 262 g/mol. The van der Waals surface area contributed by atoms with Crippen LogP contribution in [0.3, 0.4) is 0 Å². The maximum atomic E-state index is 13.7. The van der Waals surface area contributed by atoms with Crippen molar-refractivity contribution < 1.29 is 17.2 Å². The van der Waals surface area contributed by atoms with Gasteiger partial charge in [-0.05, 0) is 17.7 Å². The molecule has 1 aromatic carbocycles. The van der Waals surface area contributed by atoms with Crippen LogP contribution in [-0.4, -0.2) is 34.0 Å². The molecule has 4 nitrogen and oxygen atoms in total. The smallest absolute Gasteiger partial charge is 0.149 e. The van der Waals surface area contributed by atoms with Crippen LogP contribution in [0.4, 0.5) is 14.5 Å². The first kappa shape index (κ1) is 14.8. The fourth-order valence-corrected chi connectivity index (χ4v) is 2.12. The van der Waals surface area contributed by atoms with Gasteiger partial charge in [0.2, 0.25) is 0 Å². The lowest BCUT2D eigenvalue weighted by molar-refractivity contribution is 0.573. The van der Waals surface area contributed by atoms with Crippen molar-refractivity contribution >= 4 is 15.5 Å². The number of benzene rings is 1. The monoisotopic (exact) mass is 278 g/mol. The van der Waals surface area contributed by atoms with Gasteiger partial charge < -0.3 is 10.6 Å². The van der Waals surface area contributed by atoms with E-state index in [4.69, 9.17) is 5.73 Å². The van der Waals surface area contributed by atoms with Crippen LogP contribution in [0.5, 0.6) is 0 Å². The summed E-state index contributed by atoms with van der Waals surface area (Å²) in [6.07, 6.45) is 1.07. The number of hydrogen-bond donors (Lipinski definition) is 1. The number of halogens is 2. The van der Waals surface area contributed by atoms with E-state index in [1.807, 2.05) is 0 Å². The number of nitrogens with zero attached hydrogens (tertiary/aromatic N) is 1. The Kier molecular flexibility index (Phi) is 4.64. The van der Waals surface area contributed by atoms with Gasteiger partial charge in [0.15, 0.2) is 0 Å². The van der Waals surface area contributed by atoms with Crippen LogP contribution < -0.4 is 10.6 Å². The molecule has 0 heterocycles. The van der Waals surface area contributed by atoms with Crippen LogP contribution in [0, 0.1) is 11.6 Å². The van der Waals surface area contributed by atoms with Crippen LogP contribution in [0.25, 0.3) is 0 Å². The van der Waals surface area contributed by atoms with E-state index in [1.165, 1.54) is 11.9 Å². The van der Waals surface area contributed by atoms with Gasteiger partial charge in [-0.15, -0.1) is 0 Å². The lowest BCUT2D eigenvalue weighted by Crippen LogP contribution is -2.26. The van der Waals surface area contributed by atoms with E-state index >= 15 is 0 Å². The molecular formula is C11H16F2N2O2S. The van der Waals surface area contributed by atoms with Crippen molar-refractivity contribution in [1.82, 2.24) is 0 Å². The molecule has 0 saturated heterocycles. The van der Waals surface area contributed by atoms with Crippen LogP contribution in [0.15, 0.2) is 12.1 Å². The standard InChI is InChI=1S/C11H16F2N2O2S/c1-15(3-4-18(2,16)17)11-9(12)5-8(7-14)6-10(11)13/h5-6H,3-4,7,14H2,1-2H3. The summed E-state index contributed by atoms with van der Waals surface area (Å²) < 4.78 is 49.4. The average molecular weight is 278 g/mol. The predicted molar refractivity (Wildman–Crippen MR) is 67.2 cm³/mol. The minimum atomic E-state index is -3.17. The molecule has 7 heteroatoms. The van der Waals surface area contributed by atoms with Crippen LogP contribution in [-0.2, 0) is 16.4 Å². The molecule has 0 amide bonds. The topological polar surface area (TPSA) is 63.4 Å². The molecule has 0 aliphatic rings. The van der Waals surface area contributed by atoms with Crippen molar-refractivity contribution in [1.29, 1.82) is 0 Å². The Bertz CT molecular complexity index is 509. The van der Waals surface area contributed by atoms with Gasteiger partial charge in [0, 0.05) is 26.4 Å². The zero-order valence-electron chi connectivity index (χ0n) is 10.3. The second kappa shape index (κ2) is 5.62. The summed E-state index contributed by atoms with van der Waals surface area (Å²) in [5.41, 5.74) is 5.42. The number of anilines is 1. The van der Waals surface area contributed by atoms with Crippen molar-refractivity contribution in [3.05, 3.63) is 29.3 Å². The Balaban J connectivity index is 2.95. The number of hydrogen-bond acceptors (Lipinski definition) is 4. The quantitative estimate of drug-likeness (QED) is 0.869.